The zero-order valence-electron chi connectivity index (χ0n) is 20.8. The molecule has 2 saturated carbocycles. The molecule has 1 aromatic carbocycles. The lowest BCUT2D eigenvalue weighted by Gasteiger charge is -2.62. The second-order valence-corrected chi connectivity index (χ2v) is 12.1. The number of ether oxygens (including phenoxy) is 1. The van der Waals surface area contributed by atoms with Crippen molar-refractivity contribution in [1.82, 2.24) is 0 Å². The summed E-state index contributed by atoms with van der Waals surface area (Å²) in [5.74, 6) is 0.606. The van der Waals surface area contributed by atoms with Crippen LogP contribution >= 0.6 is 0 Å². The second kappa shape index (κ2) is 6.34. The lowest BCUT2D eigenvalue weighted by molar-refractivity contribution is -0.636. The number of rotatable bonds is 3. The van der Waals surface area contributed by atoms with Gasteiger partial charge in [0, 0.05) is 18.1 Å². The maximum atomic E-state index is 6.38. The van der Waals surface area contributed by atoms with Gasteiger partial charge in [0.25, 0.3) is 5.79 Å². The van der Waals surface area contributed by atoms with Gasteiger partial charge in [-0.15, -0.1) is 0 Å². The van der Waals surface area contributed by atoms with Gasteiger partial charge in [0.2, 0.25) is 10.5 Å². The second-order valence-electron chi connectivity index (χ2n) is 11.7. The Bertz CT molecular complexity index is 898. The molecular weight excluding hydrogens is 392 g/mol. The molecule has 4 nitrogen and oxygen atoms in total. The van der Waals surface area contributed by atoms with Crippen molar-refractivity contribution >= 4 is 10.5 Å². The fraction of sp³-hybridized carbons (Fsp3) is 0.760. The van der Waals surface area contributed by atoms with E-state index >= 15 is 0 Å². The number of benzene rings is 1. The third kappa shape index (κ3) is 2.23. The lowest BCUT2D eigenvalue weighted by atomic mass is 9.59. The van der Waals surface area contributed by atoms with Crippen molar-refractivity contribution in [3.63, 3.8) is 0 Å². The van der Waals surface area contributed by atoms with Crippen LogP contribution in [0.15, 0.2) is 0 Å². The van der Waals surface area contributed by atoms with Crippen molar-refractivity contribution in [2.45, 2.75) is 98.4 Å². The fourth-order valence-electron chi connectivity index (χ4n) is 7.26. The van der Waals surface area contributed by atoms with E-state index in [4.69, 9.17) is 18.9 Å². The summed E-state index contributed by atoms with van der Waals surface area (Å²) in [5.41, 5.74) is 5.66. The average molecular weight is 433 g/mol. The summed E-state index contributed by atoms with van der Waals surface area (Å²) in [6.07, 6.45) is 3.34. The van der Waals surface area contributed by atoms with Gasteiger partial charge in [0.1, 0.15) is 5.75 Å². The van der Waals surface area contributed by atoms with Crippen molar-refractivity contribution < 1.29 is 18.9 Å². The average Bonchev–Trinajstić information content (AvgIpc) is 2.98. The van der Waals surface area contributed by atoms with Crippen LogP contribution < -0.4 is 4.43 Å². The van der Waals surface area contributed by atoms with Crippen LogP contribution in [0.1, 0.15) is 88.6 Å². The molecular formula is C25H40O4Si. The minimum atomic E-state index is -0.948. The molecule has 4 unspecified atom stereocenters. The third-order valence-corrected chi connectivity index (χ3v) is 10.0. The highest BCUT2D eigenvalue weighted by Gasteiger charge is 2.83. The Morgan fingerprint density at radius 2 is 1.63 bits per heavy atom. The summed E-state index contributed by atoms with van der Waals surface area (Å²) in [7, 11) is 2.38. The van der Waals surface area contributed by atoms with Gasteiger partial charge in [-0.2, -0.15) is 4.89 Å². The van der Waals surface area contributed by atoms with Gasteiger partial charge in [-0.1, -0.05) is 41.5 Å². The van der Waals surface area contributed by atoms with Crippen LogP contribution in [0.2, 0.25) is 0 Å². The summed E-state index contributed by atoms with van der Waals surface area (Å²) in [5, 5.41) is 0. The van der Waals surface area contributed by atoms with Crippen LogP contribution in [0.25, 0.3) is 0 Å². The molecule has 5 heteroatoms. The first kappa shape index (κ1) is 22.3. The smallest absolute Gasteiger partial charge is 0.264 e. The predicted molar refractivity (Wildman–Crippen MR) is 123 cm³/mol. The molecule has 168 valence electrons. The zero-order valence-corrected chi connectivity index (χ0v) is 22.8. The van der Waals surface area contributed by atoms with Gasteiger partial charge >= 0.3 is 0 Å². The first-order valence-corrected chi connectivity index (χ1v) is 12.2. The highest BCUT2D eigenvalue weighted by molar-refractivity contribution is 6.00. The standard InChI is InChI=1S/C25H40O4Si/c1-14-15(2)18(21(4,5)6)20(27-30)19(16(14)3)25(26-10)24(28-29-25)13-17-11-12-23(24,9)22(17,7)8/h17H,11-13H2,1-10,30H3. The lowest BCUT2D eigenvalue weighted by Crippen LogP contribution is -2.72. The van der Waals surface area contributed by atoms with Crippen LogP contribution in [0.3, 0.4) is 0 Å². The molecule has 2 bridgehead atoms. The van der Waals surface area contributed by atoms with Gasteiger partial charge < -0.3 is 9.16 Å². The van der Waals surface area contributed by atoms with Crippen molar-refractivity contribution in [3.05, 3.63) is 27.8 Å². The molecule has 1 aliphatic heterocycles. The SMILES string of the molecule is COC1(c2c(C)c(C)c(C)c(C(C)(C)C)c2O[SiH3])OOC12CC1CCC2(C)C1(C)C. The van der Waals surface area contributed by atoms with E-state index in [1.165, 1.54) is 28.7 Å². The maximum Gasteiger partial charge on any atom is 0.264 e. The molecule has 0 aromatic heterocycles. The Morgan fingerprint density at radius 3 is 2.00 bits per heavy atom. The Balaban J connectivity index is 2.04. The monoisotopic (exact) mass is 432 g/mol. The highest BCUT2D eigenvalue weighted by atomic mass is 28.2. The van der Waals surface area contributed by atoms with E-state index in [1.54, 1.807) is 7.11 Å². The molecule has 1 aromatic rings. The van der Waals surface area contributed by atoms with Crippen molar-refractivity contribution in [2.75, 3.05) is 7.11 Å². The summed E-state index contributed by atoms with van der Waals surface area (Å²) < 4.78 is 12.7. The van der Waals surface area contributed by atoms with Crippen LogP contribution in [-0.4, -0.2) is 23.2 Å². The number of hydrogen-bond donors (Lipinski definition) is 0. The number of fused-ring (bicyclic) bond motifs is 3. The van der Waals surface area contributed by atoms with Crippen LogP contribution in [0.5, 0.6) is 5.75 Å². The first-order chi connectivity index (χ1) is 13.8. The van der Waals surface area contributed by atoms with Crippen LogP contribution in [-0.2, 0) is 25.7 Å². The highest BCUT2D eigenvalue weighted by Crippen LogP contribution is 2.78. The molecule has 4 atom stereocenters. The predicted octanol–water partition coefficient (Wildman–Crippen LogP) is 4.91. The maximum absolute atomic E-state index is 6.38. The van der Waals surface area contributed by atoms with Gasteiger partial charge in [0.05, 0.1) is 5.56 Å². The minimum absolute atomic E-state index is 0.0332. The van der Waals surface area contributed by atoms with Gasteiger partial charge in [-0.25, -0.2) is 4.89 Å². The topological polar surface area (TPSA) is 36.9 Å². The van der Waals surface area contributed by atoms with Gasteiger partial charge in [-0.3, -0.25) is 0 Å². The number of methoxy groups -OCH3 is 1. The molecule has 0 N–H and O–H groups in total. The first-order valence-electron chi connectivity index (χ1n) is 11.4. The Kier molecular flexibility index (Phi) is 4.71. The molecule has 30 heavy (non-hydrogen) atoms. The molecule has 4 rings (SSSR count). The quantitative estimate of drug-likeness (QED) is 0.502. The minimum Gasteiger partial charge on any atom is -0.553 e. The van der Waals surface area contributed by atoms with E-state index in [-0.39, 0.29) is 16.2 Å². The molecule has 3 aliphatic rings. The molecule has 2 aliphatic carbocycles. The van der Waals surface area contributed by atoms with Crippen molar-refractivity contribution in [1.29, 1.82) is 0 Å². The Morgan fingerprint density at radius 1 is 1.00 bits per heavy atom. The van der Waals surface area contributed by atoms with E-state index < -0.39 is 11.4 Å². The van der Waals surface area contributed by atoms with E-state index in [2.05, 4.69) is 62.3 Å². The van der Waals surface area contributed by atoms with E-state index in [1.807, 2.05) is 0 Å². The van der Waals surface area contributed by atoms with E-state index in [9.17, 15) is 0 Å². The van der Waals surface area contributed by atoms with E-state index in [0.29, 0.717) is 16.4 Å². The van der Waals surface area contributed by atoms with E-state index in [0.717, 1.165) is 24.2 Å². The Labute approximate surface area is 185 Å². The number of hydrogen-bond acceptors (Lipinski definition) is 4. The summed E-state index contributed by atoms with van der Waals surface area (Å²) >= 11 is 0. The summed E-state index contributed by atoms with van der Waals surface area (Å²) in [6, 6.07) is 0. The fourth-order valence-corrected chi connectivity index (χ4v) is 7.67. The van der Waals surface area contributed by atoms with Gasteiger partial charge in [-0.05, 0) is 73.5 Å². The van der Waals surface area contributed by atoms with Crippen LogP contribution in [0, 0.1) is 37.5 Å². The van der Waals surface area contributed by atoms with Crippen molar-refractivity contribution in [3.8, 4) is 5.75 Å². The van der Waals surface area contributed by atoms with Gasteiger partial charge in [0.15, 0.2) is 5.60 Å². The molecule has 1 spiro atoms. The van der Waals surface area contributed by atoms with Crippen molar-refractivity contribution in [2.24, 2.45) is 16.7 Å². The molecule has 0 amide bonds. The molecule has 0 radical (unpaired) electrons. The molecule has 1 heterocycles. The summed E-state index contributed by atoms with van der Waals surface area (Å²) in [6.45, 7) is 20.6. The summed E-state index contributed by atoms with van der Waals surface area (Å²) in [4.78, 5) is 12.3. The molecule has 1 saturated heterocycles. The normalized spacial score (nSPS) is 37.1. The largest absolute Gasteiger partial charge is 0.553 e. The Hall–Kier alpha value is -0.883. The molecule has 3 fully saturated rings. The zero-order chi connectivity index (χ0) is 22.5. The van der Waals surface area contributed by atoms with Crippen LogP contribution in [0.4, 0.5) is 0 Å². The third-order valence-electron chi connectivity index (χ3n) is 9.59.